The smallest absolute Gasteiger partial charge is 0.409 e. The zero-order chi connectivity index (χ0) is 18.2. The van der Waals surface area contributed by atoms with Crippen LogP contribution in [-0.4, -0.2) is 41.0 Å². The van der Waals surface area contributed by atoms with Crippen molar-refractivity contribution in [1.29, 1.82) is 0 Å². The van der Waals surface area contributed by atoms with Gasteiger partial charge in [0.15, 0.2) is 5.72 Å². The van der Waals surface area contributed by atoms with Crippen LogP contribution in [0.1, 0.15) is 58.4 Å². The molecule has 0 spiro atoms. The molecule has 1 saturated heterocycles. The molecular formula is C20H29FN2O2. The van der Waals surface area contributed by atoms with E-state index in [1.165, 1.54) is 5.56 Å². The number of ether oxygens (including phenoxy) is 1. The van der Waals surface area contributed by atoms with Gasteiger partial charge in [0.1, 0.15) is 6.17 Å². The van der Waals surface area contributed by atoms with Gasteiger partial charge in [0.05, 0.1) is 0 Å². The number of alkyl carbamates (subject to hydrolysis) is 1. The van der Waals surface area contributed by atoms with Gasteiger partial charge in [-0.05, 0) is 38.7 Å². The van der Waals surface area contributed by atoms with Crippen LogP contribution in [0.15, 0.2) is 30.3 Å². The standard InChI is InChI=1S/C20H29FN2O2/c1-14(15-8-6-5-7-9-15)17-12-16(21)13-23(17)20(10-11-20)25-18(24)22-19(2,3)4/h5-9,14,16-17H,10-13H2,1-4H3,(H,22,24)/t14-,16?,17?/m1/s1. The predicted octanol–water partition coefficient (Wildman–Crippen LogP) is 4.22. The van der Waals surface area contributed by atoms with E-state index in [0.717, 1.165) is 12.8 Å². The van der Waals surface area contributed by atoms with Crippen LogP contribution in [0, 0.1) is 0 Å². The van der Waals surface area contributed by atoms with Gasteiger partial charge in [-0.25, -0.2) is 9.18 Å². The van der Waals surface area contributed by atoms with E-state index >= 15 is 0 Å². The number of hydrogen-bond acceptors (Lipinski definition) is 3. The largest absolute Gasteiger partial charge is 0.428 e. The molecule has 2 unspecified atom stereocenters. The SMILES string of the molecule is C[C@H](c1ccccc1)C1CC(F)CN1C1(OC(=O)NC(C)(C)C)CC1. The van der Waals surface area contributed by atoms with Crippen LogP contribution in [0.4, 0.5) is 9.18 Å². The third-order valence-corrected chi connectivity index (χ3v) is 5.16. The predicted molar refractivity (Wildman–Crippen MR) is 96.2 cm³/mol. The molecule has 138 valence electrons. The minimum Gasteiger partial charge on any atom is -0.428 e. The van der Waals surface area contributed by atoms with Crippen molar-refractivity contribution in [3.63, 3.8) is 0 Å². The molecular weight excluding hydrogens is 319 g/mol. The molecule has 1 aromatic rings. The summed E-state index contributed by atoms with van der Waals surface area (Å²) in [6.07, 6.45) is 0.744. The topological polar surface area (TPSA) is 41.6 Å². The van der Waals surface area contributed by atoms with Gasteiger partial charge in [-0.3, -0.25) is 4.90 Å². The lowest BCUT2D eigenvalue weighted by Gasteiger charge is -2.36. The molecule has 1 heterocycles. The monoisotopic (exact) mass is 348 g/mol. The summed E-state index contributed by atoms with van der Waals surface area (Å²) in [6.45, 7) is 8.23. The fraction of sp³-hybridized carbons (Fsp3) is 0.650. The third-order valence-electron chi connectivity index (χ3n) is 5.16. The summed E-state index contributed by atoms with van der Waals surface area (Å²) >= 11 is 0. The van der Waals surface area contributed by atoms with Gasteiger partial charge in [-0.1, -0.05) is 37.3 Å². The van der Waals surface area contributed by atoms with Gasteiger partial charge in [-0.15, -0.1) is 0 Å². The van der Waals surface area contributed by atoms with Gasteiger partial charge in [0.25, 0.3) is 0 Å². The highest BCUT2D eigenvalue weighted by atomic mass is 19.1. The lowest BCUT2D eigenvalue weighted by molar-refractivity contribution is -0.0502. The summed E-state index contributed by atoms with van der Waals surface area (Å²) in [5, 5.41) is 2.84. The highest BCUT2D eigenvalue weighted by molar-refractivity contribution is 5.69. The molecule has 3 atom stereocenters. The molecule has 0 aromatic heterocycles. The summed E-state index contributed by atoms with van der Waals surface area (Å²) in [7, 11) is 0. The summed E-state index contributed by atoms with van der Waals surface area (Å²) < 4.78 is 20.1. The first-order valence-corrected chi connectivity index (χ1v) is 9.17. The highest BCUT2D eigenvalue weighted by Crippen LogP contribution is 2.49. The molecule has 5 heteroatoms. The Balaban J connectivity index is 1.74. The van der Waals surface area contributed by atoms with E-state index in [4.69, 9.17) is 4.74 Å². The van der Waals surface area contributed by atoms with Crippen molar-refractivity contribution in [3.8, 4) is 0 Å². The average Bonchev–Trinajstić information content (AvgIpc) is 3.18. The number of hydrogen-bond donors (Lipinski definition) is 1. The van der Waals surface area contributed by atoms with Crippen LogP contribution in [0.5, 0.6) is 0 Å². The summed E-state index contributed by atoms with van der Waals surface area (Å²) in [4.78, 5) is 14.3. The third kappa shape index (κ3) is 4.14. The first kappa shape index (κ1) is 18.2. The molecule has 1 aliphatic heterocycles. The van der Waals surface area contributed by atoms with Gasteiger partial charge in [0, 0.05) is 31.0 Å². The van der Waals surface area contributed by atoms with Crippen LogP contribution in [0.2, 0.25) is 0 Å². The molecule has 1 saturated carbocycles. The van der Waals surface area contributed by atoms with Gasteiger partial charge < -0.3 is 10.1 Å². The summed E-state index contributed by atoms with van der Waals surface area (Å²) in [6, 6.07) is 10.2. The fourth-order valence-electron chi connectivity index (χ4n) is 3.79. The number of amides is 1. The molecule has 2 fully saturated rings. The minimum absolute atomic E-state index is 0.0438. The van der Waals surface area contributed by atoms with Crippen LogP contribution in [-0.2, 0) is 4.74 Å². The average molecular weight is 348 g/mol. The van der Waals surface area contributed by atoms with Crippen molar-refractivity contribution in [2.75, 3.05) is 6.54 Å². The number of likely N-dealkylation sites (tertiary alicyclic amines) is 1. The molecule has 2 aliphatic rings. The number of carbonyl (C=O) groups is 1. The second-order valence-corrected chi connectivity index (χ2v) is 8.46. The van der Waals surface area contributed by atoms with Crippen molar-refractivity contribution in [3.05, 3.63) is 35.9 Å². The maximum Gasteiger partial charge on any atom is 0.409 e. The van der Waals surface area contributed by atoms with Gasteiger partial charge in [-0.2, -0.15) is 0 Å². The Labute approximate surface area is 149 Å². The Hall–Kier alpha value is -1.62. The Morgan fingerprint density at radius 3 is 2.52 bits per heavy atom. The van der Waals surface area contributed by atoms with Crippen LogP contribution >= 0.6 is 0 Å². The fourth-order valence-corrected chi connectivity index (χ4v) is 3.79. The second-order valence-electron chi connectivity index (χ2n) is 8.46. The number of rotatable bonds is 4. The quantitative estimate of drug-likeness (QED) is 0.886. The first-order valence-electron chi connectivity index (χ1n) is 9.17. The van der Waals surface area contributed by atoms with E-state index in [1.807, 2.05) is 39.0 Å². The Bertz CT molecular complexity index is 610. The molecule has 1 aromatic carbocycles. The lowest BCUT2D eigenvalue weighted by atomic mass is 9.91. The lowest BCUT2D eigenvalue weighted by Crippen LogP contribution is -2.50. The maximum absolute atomic E-state index is 14.3. The van der Waals surface area contributed by atoms with Crippen molar-refractivity contribution in [2.45, 2.75) is 76.4 Å². The van der Waals surface area contributed by atoms with Crippen molar-refractivity contribution in [1.82, 2.24) is 10.2 Å². The summed E-state index contributed by atoms with van der Waals surface area (Å²) in [5.74, 6) is 0.189. The van der Waals surface area contributed by atoms with Gasteiger partial charge in [0.2, 0.25) is 0 Å². The first-order chi connectivity index (χ1) is 11.7. The van der Waals surface area contributed by atoms with Gasteiger partial charge >= 0.3 is 6.09 Å². The van der Waals surface area contributed by atoms with E-state index in [9.17, 15) is 9.18 Å². The molecule has 3 rings (SSSR count). The molecule has 1 N–H and O–H groups in total. The van der Waals surface area contributed by atoms with Crippen molar-refractivity contribution < 1.29 is 13.9 Å². The second kappa shape index (κ2) is 6.60. The number of halogens is 1. The number of carbonyl (C=O) groups excluding carboxylic acids is 1. The van der Waals surface area contributed by atoms with E-state index in [1.54, 1.807) is 0 Å². The maximum atomic E-state index is 14.3. The van der Waals surface area contributed by atoms with Crippen LogP contribution in [0.25, 0.3) is 0 Å². The molecule has 0 radical (unpaired) electrons. The Morgan fingerprint density at radius 2 is 1.96 bits per heavy atom. The number of benzene rings is 1. The highest BCUT2D eigenvalue weighted by Gasteiger charge is 2.58. The summed E-state index contributed by atoms with van der Waals surface area (Å²) in [5.41, 5.74) is 0.211. The Kier molecular flexibility index (Phi) is 4.80. The molecule has 4 nitrogen and oxygen atoms in total. The van der Waals surface area contributed by atoms with E-state index in [-0.39, 0.29) is 17.5 Å². The molecule has 1 aliphatic carbocycles. The molecule has 25 heavy (non-hydrogen) atoms. The van der Waals surface area contributed by atoms with E-state index in [2.05, 4.69) is 29.3 Å². The normalized spacial score (nSPS) is 26.9. The van der Waals surface area contributed by atoms with Crippen LogP contribution < -0.4 is 5.32 Å². The number of nitrogens with one attached hydrogen (secondary N) is 1. The minimum atomic E-state index is -0.872. The molecule has 1 amide bonds. The van der Waals surface area contributed by atoms with Crippen molar-refractivity contribution in [2.24, 2.45) is 0 Å². The van der Waals surface area contributed by atoms with E-state index < -0.39 is 18.0 Å². The molecule has 0 bridgehead atoms. The zero-order valence-corrected chi connectivity index (χ0v) is 15.6. The van der Waals surface area contributed by atoms with Crippen LogP contribution in [0.3, 0.4) is 0 Å². The number of alkyl halides is 1. The Morgan fingerprint density at radius 1 is 1.32 bits per heavy atom. The zero-order valence-electron chi connectivity index (χ0n) is 15.6. The van der Waals surface area contributed by atoms with E-state index in [0.29, 0.717) is 13.0 Å². The number of nitrogens with zero attached hydrogens (tertiary/aromatic N) is 1. The van der Waals surface area contributed by atoms with Crippen molar-refractivity contribution >= 4 is 6.09 Å².